The molecular formula is C22H24F2N2O5S. The summed E-state index contributed by atoms with van der Waals surface area (Å²) in [4.78, 5) is 24.1. The van der Waals surface area contributed by atoms with E-state index in [1.54, 1.807) is 0 Å². The lowest BCUT2D eigenvalue weighted by molar-refractivity contribution is -0.119. The fourth-order valence-electron chi connectivity index (χ4n) is 3.71. The molecule has 2 aromatic rings. The van der Waals surface area contributed by atoms with Gasteiger partial charge in [-0.15, -0.1) is 0 Å². The third kappa shape index (κ3) is 5.68. The van der Waals surface area contributed by atoms with Crippen molar-refractivity contribution in [2.45, 2.75) is 25.2 Å². The SMILES string of the molecule is CC1CC(C)CN(S(=O)(=O)c2ccc(C(=O)OCC(=O)Nc3cc(F)ccc3F)cc2)C1. The van der Waals surface area contributed by atoms with Crippen LogP contribution in [0, 0.1) is 23.5 Å². The summed E-state index contributed by atoms with van der Waals surface area (Å²) < 4.78 is 58.8. The van der Waals surface area contributed by atoms with Gasteiger partial charge < -0.3 is 10.1 Å². The number of piperidine rings is 1. The van der Waals surface area contributed by atoms with Crippen molar-refractivity contribution in [3.63, 3.8) is 0 Å². The van der Waals surface area contributed by atoms with Gasteiger partial charge in [-0.3, -0.25) is 4.79 Å². The number of hydrogen-bond acceptors (Lipinski definition) is 5. The number of ether oxygens (including phenoxy) is 1. The summed E-state index contributed by atoms with van der Waals surface area (Å²) >= 11 is 0. The van der Waals surface area contributed by atoms with E-state index >= 15 is 0 Å². The zero-order valence-corrected chi connectivity index (χ0v) is 18.5. The van der Waals surface area contributed by atoms with Crippen molar-refractivity contribution in [3.05, 3.63) is 59.7 Å². The van der Waals surface area contributed by atoms with E-state index in [1.807, 2.05) is 13.8 Å². The van der Waals surface area contributed by atoms with Crippen molar-refractivity contribution in [2.24, 2.45) is 11.8 Å². The molecule has 2 unspecified atom stereocenters. The number of esters is 1. The molecule has 7 nitrogen and oxygen atoms in total. The summed E-state index contributed by atoms with van der Waals surface area (Å²) in [5.74, 6) is -2.76. The van der Waals surface area contributed by atoms with Crippen LogP contribution in [0.15, 0.2) is 47.4 Å². The molecule has 1 fully saturated rings. The lowest BCUT2D eigenvalue weighted by Crippen LogP contribution is -2.42. The fraction of sp³-hybridized carbons (Fsp3) is 0.364. The molecule has 10 heteroatoms. The molecule has 0 saturated carbocycles. The lowest BCUT2D eigenvalue weighted by Gasteiger charge is -2.34. The Morgan fingerprint density at radius 1 is 1.06 bits per heavy atom. The number of benzene rings is 2. The quantitative estimate of drug-likeness (QED) is 0.659. The lowest BCUT2D eigenvalue weighted by atomic mass is 9.94. The molecule has 32 heavy (non-hydrogen) atoms. The van der Waals surface area contributed by atoms with Crippen molar-refractivity contribution >= 4 is 27.6 Å². The van der Waals surface area contributed by atoms with Gasteiger partial charge in [0, 0.05) is 19.2 Å². The summed E-state index contributed by atoms with van der Waals surface area (Å²) in [5, 5.41) is 2.11. The van der Waals surface area contributed by atoms with Crippen molar-refractivity contribution in [1.82, 2.24) is 4.31 Å². The Morgan fingerprint density at radius 2 is 1.69 bits per heavy atom. The first-order valence-electron chi connectivity index (χ1n) is 10.1. The van der Waals surface area contributed by atoms with Gasteiger partial charge >= 0.3 is 5.97 Å². The molecule has 1 heterocycles. The van der Waals surface area contributed by atoms with Crippen LogP contribution < -0.4 is 5.32 Å². The Kier molecular flexibility index (Phi) is 7.25. The number of halogens is 2. The Labute approximate surface area is 185 Å². The standard InChI is InChI=1S/C22H24F2N2O5S/c1-14-9-15(2)12-26(11-14)32(29,30)18-6-3-16(4-7-18)22(28)31-13-21(27)25-20-10-17(23)5-8-19(20)24/h3-8,10,14-15H,9,11-13H2,1-2H3,(H,25,27). The number of nitrogens with one attached hydrogen (secondary N) is 1. The molecule has 0 bridgehead atoms. The van der Waals surface area contributed by atoms with Crippen LogP contribution in [0.25, 0.3) is 0 Å². The Morgan fingerprint density at radius 3 is 2.31 bits per heavy atom. The predicted octanol–water partition coefficient (Wildman–Crippen LogP) is 3.43. The van der Waals surface area contributed by atoms with Crippen molar-refractivity contribution in [2.75, 3.05) is 25.0 Å². The molecule has 1 aliphatic rings. The molecule has 0 radical (unpaired) electrons. The summed E-state index contributed by atoms with van der Waals surface area (Å²) in [7, 11) is -3.69. The van der Waals surface area contributed by atoms with Gasteiger partial charge in [-0.25, -0.2) is 22.0 Å². The largest absolute Gasteiger partial charge is 0.452 e. The second-order valence-electron chi connectivity index (χ2n) is 8.04. The van der Waals surface area contributed by atoms with E-state index in [1.165, 1.54) is 28.6 Å². The number of anilines is 1. The van der Waals surface area contributed by atoms with Crippen LogP contribution >= 0.6 is 0 Å². The fourth-order valence-corrected chi connectivity index (χ4v) is 5.39. The van der Waals surface area contributed by atoms with Crippen molar-refractivity contribution < 1.29 is 31.5 Å². The highest BCUT2D eigenvalue weighted by Crippen LogP contribution is 2.26. The minimum Gasteiger partial charge on any atom is -0.452 e. The van der Waals surface area contributed by atoms with Crippen LogP contribution in [0.1, 0.15) is 30.6 Å². The number of rotatable bonds is 6. The summed E-state index contributed by atoms with van der Waals surface area (Å²) in [6, 6.07) is 7.81. The Bertz CT molecular complexity index is 1100. The number of nitrogens with zero attached hydrogens (tertiary/aromatic N) is 1. The summed E-state index contributed by atoms with van der Waals surface area (Å²) in [5.41, 5.74) is -0.323. The van der Waals surface area contributed by atoms with Gasteiger partial charge in [-0.1, -0.05) is 13.8 Å². The highest BCUT2D eigenvalue weighted by Gasteiger charge is 2.31. The first-order valence-corrected chi connectivity index (χ1v) is 11.5. The molecule has 1 aliphatic heterocycles. The highest BCUT2D eigenvalue weighted by atomic mass is 32.2. The molecular weight excluding hydrogens is 442 g/mol. The molecule has 2 aromatic carbocycles. The normalized spacial score (nSPS) is 19.4. The number of hydrogen-bond donors (Lipinski definition) is 1. The van der Waals surface area contributed by atoms with Gasteiger partial charge in [0.15, 0.2) is 6.61 Å². The molecule has 3 rings (SSSR count). The van der Waals surface area contributed by atoms with Gasteiger partial charge in [-0.2, -0.15) is 4.31 Å². The van der Waals surface area contributed by atoms with Crippen LogP contribution in [0.5, 0.6) is 0 Å². The van der Waals surface area contributed by atoms with E-state index in [0.717, 1.165) is 24.6 Å². The zero-order chi connectivity index (χ0) is 23.5. The molecule has 1 N–H and O–H groups in total. The van der Waals surface area contributed by atoms with Gasteiger partial charge in [-0.05, 0) is 54.7 Å². The second-order valence-corrected chi connectivity index (χ2v) is 9.98. The van der Waals surface area contributed by atoms with Crippen LogP contribution in [0.4, 0.5) is 14.5 Å². The Balaban J connectivity index is 1.60. The summed E-state index contributed by atoms with van der Waals surface area (Å²) in [6.07, 6.45) is 0.968. The second kappa shape index (κ2) is 9.74. The molecule has 1 amide bonds. The minimum atomic E-state index is -3.69. The van der Waals surface area contributed by atoms with Crippen LogP contribution in [0.3, 0.4) is 0 Å². The molecule has 0 aromatic heterocycles. The Hall–Kier alpha value is -2.85. The van der Waals surface area contributed by atoms with E-state index in [0.29, 0.717) is 13.1 Å². The monoisotopic (exact) mass is 466 g/mol. The maximum Gasteiger partial charge on any atom is 0.338 e. The minimum absolute atomic E-state index is 0.0501. The molecule has 172 valence electrons. The molecule has 2 atom stereocenters. The average molecular weight is 467 g/mol. The number of sulfonamides is 1. The van der Waals surface area contributed by atoms with Crippen LogP contribution in [-0.4, -0.2) is 44.3 Å². The summed E-state index contributed by atoms with van der Waals surface area (Å²) in [6.45, 7) is 4.18. The molecule has 0 aliphatic carbocycles. The first-order chi connectivity index (χ1) is 15.1. The van der Waals surface area contributed by atoms with Gasteiger partial charge in [0.25, 0.3) is 5.91 Å². The smallest absolute Gasteiger partial charge is 0.338 e. The van der Waals surface area contributed by atoms with E-state index in [2.05, 4.69) is 5.32 Å². The third-order valence-electron chi connectivity index (χ3n) is 5.10. The maximum atomic E-state index is 13.6. The predicted molar refractivity (Wildman–Crippen MR) is 113 cm³/mol. The maximum absolute atomic E-state index is 13.6. The zero-order valence-electron chi connectivity index (χ0n) is 17.7. The number of carbonyl (C=O) groups is 2. The highest BCUT2D eigenvalue weighted by molar-refractivity contribution is 7.89. The molecule has 0 spiro atoms. The number of amides is 1. The topological polar surface area (TPSA) is 92.8 Å². The van der Waals surface area contributed by atoms with E-state index in [9.17, 15) is 26.8 Å². The van der Waals surface area contributed by atoms with E-state index < -0.39 is 40.1 Å². The van der Waals surface area contributed by atoms with Crippen molar-refractivity contribution in [1.29, 1.82) is 0 Å². The van der Waals surface area contributed by atoms with Crippen LogP contribution in [-0.2, 0) is 19.6 Å². The van der Waals surface area contributed by atoms with Crippen LogP contribution in [0.2, 0.25) is 0 Å². The van der Waals surface area contributed by atoms with Gasteiger partial charge in [0.2, 0.25) is 10.0 Å². The van der Waals surface area contributed by atoms with Gasteiger partial charge in [0.1, 0.15) is 11.6 Å². The average Bonchev–Trinajstić information content (AvgIpc) is 2.74. The molecule has 1 saturated heterocycles. The number of carbonyl (C=O) groups excluding carboxylic acids is 2. The first kappa shape index (κ1) is 23.8. The van der Waals surface area contributed by atoms with Crippen molar-refractivity contribution in [3.8, 4) is 0 Å². The van der Waals surface area contributed by atoms with E-state index in [4.69, 9.17) is 4.74 Å². The van der Waals surface area contributed by atoms with E-state index in [-0.39, 0.29) is 28.0 Å². The van der Waals surface area contributed by atoms with Gasteiger partial charge in [0.05, 0.1) is 16.1 Å². The third-order valence-corrected chi connectivity index (χ3v) is 6.95.